The normalized spacial score (nSPS) is 13.4. The third-order valence-electron chi connectivity index (χ3n) is 6.65. The van der Waals surface area contributed by atoms with Crippen LogP contribution in [0, 0.1) is 11.8 Å². The first-order valence-electron chi connectivity index (χ1n) is 14.3. The van der Waals surface area contributed by atoms with Crippen molar-refractivity contribution in [2.24, 2.45) is 11.8 Å². The third kappa shape index (κ3) is 21.6. The summed E-state index contributed by atoms with van der Waals surface area (Å²) in [5.41, 5.74) is 0. The number of carbonyl (C=O) groups excluding carboxylic acids is 1. The first kappa shape index (κ1) is 32.4. The maximum absolute atomic E-state index is 12.4. The molecular weight excluding hydrogens is 412 g/mol. The van der Waals surface area contributed by atoms with Crippen molar-refractivity contribution in [2.45, 2.75) is 143 Å². The van der Waals surface area contributed by atoms with Crippen molar-refractivity contribution >= 4 is 5.97 Å². The van der Waals surface area contributed by atoms with E-state index in [1.165, 1.54) is 70.6 Å². The van der Waals surface area contributed by atoms with Gasteiger partial charge in [0, 0.05) is 25.9 Å². The molecule has 0 heterocycles. The van der Waals surface area contributed by atoms with E-state index in [9.17, 15) is 4.79 Å². The molecule has 0 aliphatic heterocycles. The number of hydrogen-bond donors (Lipinski definition) is 0. The smallest absolute Gasteiger partial charge is 0.306 e. The molecule has 0 fully saturated rings. The molecule has 0 bridgehead atoms. The molecule has 0 N–H and O–H groups in total. The molecule has 2 atom stereocenters. The van der Waals surface area contributed by atoms with Crippen LogP contribution in [-0.2, 0) is 19.0 Å². The van der Waals surface area contributed by atoms with Crippen LogP contribution in [0.5, 0.6) is 0 Å². The third-order valence-corrected chi connectivity index (χ3v) is 6.65. The number of hydrogen-bond acceptors (Lipinski definition) is 4. The summed E-state index contributed by atoms with van der Waals surface area (Å²) in [4.78, 5) is 12.4. The predicted molar refractivity (Wildman–Crippen MR) is 141 cm³/mol. The molecule has 0 saturated carbocycles. The molecule has 0 aromatic heterocycles. The van der Waals surface area contributed by atoms with Crippen molar-refractivity contribution in [3.63, 3.8) is 0 Å². The second-order valence-corrected chi connectivity index (χ2v) is 10.2. The van der Waals surface area contributed by atoms with E-state index in [-0.39, 0.29) is 12.1 Å². The maximum Gasteiger partial charge on any atom is 0.306 e. The lowest BCUT2D eigenvalue weighted by Crippen LogP contribution is -2.24. The average molecular weight is 471 g/mol. The molecular formula is C29H58O4. The number of unbranched alkanes of at least 4 members (excludes halogenated alkanes) is 12. The Hall–Kier alpha value is -0.610. The molecule has 4 heteroatoms. The fourth-order valence-electron chi connectivity index (χ4n) is 4.16. The molecule has 0 rings (SSSR count). The van der Waals surface area contributed by atoms with Gasteiger partial charge in [-0.15, -0.1) is 0 Å². The van der Waals surface area contributed by atoms with Gasteiger partial charge < -0.3 is 14.2 Å². The highest BCUT2D eigenvalue weighted by Gasteiger charge is 2.16. The first-order valence-corrected chi connectivity index (χ1v) is 14.3. The second kappa shape index (κ2) is 24.5. The minimum Gasteiger partial charge on any atom is -0.462 e. The summed E-state index contributed by atoms with van der Waals surface area (Å²) in [5, 5.41) is 0. The van der Waals surface area contributed by atoms with Gasteiger partial charge in [-0.1, -0.05) is 105 Å². The van der Waals surface area contributed by atoms with Gasteiger partial charge in [0.2, 0.25) is 0 Å². The summed E-state index contributed by atoms with van der Waals surface area (Å²) in [7, 11) is 1.75. The van der Waals surface area contributed by atoms with Gasteiger partial charge in [0.15, 0.2) is 0 Å². The van der Waals surface area contributed by atoms with Crippen LogP contribution in [0.15, 0.2) is 0 Å². The van der Waals surface area contributed by atoms with Crippen LogP contribution < -0.4 is 0 Å². The SMILES string of the molecule is CCCCCCCCCCCC(=O)OC(CCCCCCC)CCOCC(COC)C(C)C. The van der Waals surface area contributed by atoms with Gasteiger partial charge in [-0.05, 0) is 25.2 Å². The Morgan fingerprint density at radius 2 is 1.24 bits per heavy atom. The Balaban J connectivity index is 4.16. The Labute approximate surface area is 206 Å². The van der Waals surface area contributed by atoms with Gasteiger partial charge in [0.05, 0.1) is 19.8 Å². The van der Waals surface area contributed by atoms with Gasteiger partial charge >= 0.3 is 5.97 Å². The largest absolute Gasteiger partial charge is 0.462 e. The Bertz CT molecular complexity index is 410. The van der Waals surface area contributed by atoms with E-state index in [1.54, 1.807) is 7.11 Å². The first-order chi connectivity index (χ1) is 16.0. The summed E-state index contributed by atoms with van der Waals surface area (Å²) in [5.74, 6) is 0.932. The molecule has 0 aromatic carbocycles. The van der Waals surface area contributed by atoms with Gasteiger partial charge in [0.1, 0.15) is 6.10 Å². The van der Waals surface area contributed by atoms with E-state index in [1.807, 2.05) is 0 Å². The lowest BCUT2D eigenvalue weighted by atomic mass is 9.98. The minimum atomic E-state index is -0.0176. The Kier molecular flexibility index (Phi) is 24.1. The zero-order chi connectivity index (χ0) is 24.6. The number of esters is 1. The van der Waals surface area contributed by atoms with E-state index in [2.05, 4.69) is 27.7 Å². The number of ether oxygens (including phenoxy) is 3. The van der Waals surface area contributed by atoms with Crippen molar-refractivity contribution in [1.29, 1.82) is 0 Å². The molecule has 2 unspecified atom stereocenters. The van der Waals surface area contributed by atoms with Crippen LogP contribution in [0.1, 0.15) is 137 Å². The second-order valence-electron chi connectivity index (χ2n) is 10.2. The molecule has 0 saturated heterocycles. The molecule has 4 nitrogen and oxygen atoms in total. The van der Waals surface area contributed by atoms with Crippen molar-refractivity contribution in [3.05, 3.63) is 0 Å². The van der Waals surface area contributed by atoms with Crippen LogP contribution in [0.3, 0.4) is 0 Å². The summed E-state index contributed by atoms with van der Waals surface area (Å²) in [6, 6.07) is 0. The van der Waals surface area contributed by atoms with Crippen molar-refractivity contribution in [1.82, 2.24) is 0 Å². The molecule has 0 spiro atoms. The highest BCUT2D eigenvalue weighted by molar-refractivity contribution is 5.69. The van der Waals surface area contributed by atoms with E-state index >= 15 is 0 Å². The topological polar surface area (TPSA) is 44.8 Å². The van der Waals surface area contributed by atoms with Crippen LogP contribution in [0.4, 0.5) is 0 Å². The molecule has 0 aromatic rings. The summed E-state index contributed by atoms with van der Waals surface area (Å²) in [6.07, 6.45) is 19.9. The Morgan fingerprint density at radius 1 is 0.697 bits per heavy atom. The van der Waals surface area contributed by atoms with Crippen LogP contribution >= 0.6 is 0 Å². The molecule has 0 aliphatic rings. The molecule has 198 valence electrons. The average Bonchev–Trinajstić information content (AvgIpc) is 2.79. The zero-order valence-corrected chi connectivity index (χ0v) is 23.0. The lowest BCUT2D eigenvalue weighted by Gasteiger charge is -2.21. The minimum absolute atomic E-state index is 0.00221. The number of carbonyl (C=O) groups is 1. The highest BCUT2D eigenvalue weighted by Crippen LogP contribution is 2.16. The van der Waals surface area contributed by atoms with Crippen LogP contribution in [-0.4, -0.2) is 39.0 Å². The quantitative estimate of drug-likeness (QED) is 0.0990. The lowest BCUT2D eigenvalue weighted by molar-refractivity contribution is -0.150. The summed E-state index contributed by atoms with van der Waals surface area (Å²) >= 11 is 0. The summed E-state index contributed by atoms with van der Waals surface area (Å²) < 4.78 is 17.2. The van der Waals surface area contributed by atoms with Crippen molar-refractivity contribution < 1.29 is 19.0 Å². The molecule has 0 amide bonds. The molecule has 0 radical (unpaired) electrons. The van der Waals surface area contributed by atoms with Gasteiger partial charge in [0.25, 0.3) is 0 Å². The fourth-order valence-corrected chi connectivity index (χ4v) is 4.16. The van der Waals surface area contributed by atoms with E-state index in [0.717, 1.165) is 38.7 Å². The van der Waals surface area contributed by atoms with Gasteiger partial charge in [-0.3, -0.25) is 4.79 Å². The zero-order valence-electron chi connectivity index (χ0n) is 23.0. The maximum atomic E-state index is 12.4. The fraction of sp³-hybridized carbons (Fsp3) is 0.966. The summed E-state index contributed by atoms with van der Waals surface area (Å²) in [6.45, 7) is 11.0. The number of rotatable bonds is 25. The number of methoxy groups -OCH3 is 1. The predicted octanol–water partition coefficient (Wildman–Crippen LogP) is 8.50. The van der Waals surface area contributed by atoms with Crippen molar-refractivity contribution in [2.75, 3.05) is 26.9 Å². The van der Waals surface area contributed by atoms with Crippen molar-refractivity contribution in [3.8, 4) is 0 Å². The highest BCUT2D eigenvalue weighted by atomic mass is 16.5. The standard InChI is InChI=1S/C29H58O4/c1-6-8-10-12-13-14-15-17-19-21-29(30)33-28(20-18-16-11-9-7-2)22-23-32-25-27(24-31-5)26(3)4/h26-28H,6-25H2,1-5H3. The van der Waals surface area contributed by atoms with E-state index in [0.29, 0.717) is 31.5 Å². The molecule has 0 aliphatic carbocycles. The monoisotopic (exact) mass is 470 g/mol. The van der Waals surface area contributed by atoms with Gasteiger partial charge in [-0.2, -0.15) is 0 Å². The van der Waals surface area contributed by atoms with Crippen LogP contribution in [0.25, 0.3) is 0 Å². The van der Waals surface area contributed by atoms with E-state index < -0.39 is 0 Å². The van der Waals surface area contributed by atoms with Gasteiger partial charge in [-0.25, -0.2) is 0 Å². The van der Waals surface area contributed by atoms with E-state index in [4.69, 9.17) is 14.2 Å². The molecule has 33 heavy (non-hydrogen) atoms. The Morgan fingerprint density at radius 3 is 1.79 bits per heavy atom. The van der Waals surface area contributed by atoms with Crippen LogP contribution in [0.2, 0.25) is 0 Å².